The van der Waals surface area contributed by atoms with Gasteiger partial charge in [0, 0.05) is 10.6 Å². The summed E-state index contributed by atoms with van der Waals surface area (Å²) in [5.41, 5.74) is 1.38. The Labute approximate surface area is 122 Å². The van der Waals surface area contributed by atoms with Crippen LogP contribution in [0.1, 0.15) is 42.9 Å². The standard InChI is InChI=1S/C15H16ClNO3/c1-4-19-15(18)13-12(9(2)3)17-14(20-13)10-5-7-11(16)8-6-10/h5-9H,4H2,1-3H3. The Balaban J connectivity index is 2.43. The van der Waals surface area contributed by atoms with Crippen LogP contribution >= 0.6 is 11.6 Å². The Morgan fingerprint density at radius 1 is 1.35 bits per heavy atom. The van der Waals surface area contributed by atoms with E-state index in [4.69, 9.17) is 20.8 Å². The molecule has 5 heteroatoms. The summed E-state index contributed by atoms with van der Waals surface area (Å²) in [6, 6.07) is 7.10. The van der Waals surface area contributed by atoms with Gasteiger partial charge >= 0.3 is 5.97 Å². The van der Waals surface area contributed by atoms with Crippen molar-refractivity contribution >= 4 is 17.6 Å². The maximum Gasteiger partial charge on any atom is 0.376 e. The predicted molar refractivity (Wildman–Crippen MR) is 77.0 cm³/mol. The van der Waals surface area contributed by atoms with Gasteiger partial charge in [-0.2, -0.15) is 0 Å². The third kappa shape index (κ3) is 3.02. The lowest BCUT2D eigenvalue weighted by atomic mass is 10.1. The molecule has 0 bridgehead atoms. The average molecular weight is 294 g/mol. The highest BCUT2D eigenvalue weighted by Crippen LogP contribution is 2.27. The molecule has 0 atom stereocenters. The van der Waals surface area contributed by atoms with Crippen LogP contribution in [0.5, 0.6) is 0 Å². The molecule has 0 saturated heterocycles. The maximum atomic E-state index is 11.9. The molecule has 106 valence electrons. The van der Waals surface area contributed by atoms with Crippen molar-refractivity contribution in [2.75, 3.05) is 6.61 Å². The van der Waals surface area contributed by atoms with Crippen LogP contribution in [0.15, 0.2) is 28.7 Å². The number of ether oxygens (including phenoxy) is 1. The molecule has 0 unspecified atom stereocenters. The van der Waals surface area contributed by atoms with Crippen LogP contribution in [0, 0.1) is 0 Å². The van der Waals surface area contributed by atoms with Crippen molar-refractivity contribution in [1.82, 2.24) is 4.98 Å². The summed E-state index contributed by atoms with van der Waals surface area (Å²) >= 11 is 5.85. The molecule has 0 radical (unpaired) electrons. The maximum absolute atomic E-state index is 11.9. The Hall–Kier alpha value is -1.81. The number of hydrogen-bond acceptors (Lipinski definition) is 4. The minimum absolute atomic E-state index is 0.0687. The van der Waals surface area contributed by atoms with E-state index < -0.39 is 5.97 Å². The number of hydrogen-bond donors (Lipinski definition) is 0. The van der Waals surface area contributed by atoms with E-state index in [0.29, 0.717) is 23.2 Å². The Morgan fingerprint density at radius 3 is 2.55 bits per heavy atom. The SMILES string of the molecule is CCOC(=O)c1oc(-c2ccc(Cl)cc2)nc1C(C)C. The molecule has 0 aliphatic heterocycles. The first kappa shape index (κ1) is 14.6. The molecule has 0 aliphatic carbocycles. The number of rotatable bonds is 4. The van der Waals surface area contributed by atoms with Gasteiger partial charge in [-0.1, -0.05) is 25.4 Å². The minimum Gasteiger partial charge on any atom is -0.460 e. The molecule has 0 aliphatic rings. The van der Waals surface area contributed by atoms with Crippen LogP contribution in [0.4, 0.5) is 0 Å². The molecule has 0 amide bonds. The molecule has 4 nitrogen and oxygen atoms in total. The molecule has 20 heavy (non-hydrogen) atoms. The quantitative estimate of drug-likeness (QED) is 0.789. The summed E-state index contributed by atoms with van der Waals surface area (Å²) in [6.45, 7) is 5.95. The molecule has 0 spiro atoms. The van der Waals surface area contributed by atoms with Gasteiger partial charge in [-0.25, -0.2) is 9.78 Å². The first-order valence-electron chi connectivity index (χ1n) is 6.46. The number of halogens is 1. The fourth-order valence-electron chi connectivity index (χ4n) is 1.78. The smallest absolute Gasteiger partial charge is 0.376 e. The lowest BCUT2D eigenvalue weighted by molar-refractivity contribution is 0.0488. The van der Waals surface area contributed by atoms with E-state index in [1.54, 1.807) is 31.2 Å². The number of nitrogens with zero attached hydrogens (tertiary/aromatic N) is 1. The third-order valence-electron chi connectivity index (χ3n) is 2.75. The summed E-state index contributed by atoms with van der Waals surface area (Å²) in [5.74, 6) is 0.156. The van der Waals surface area contributed by atoms with E-state index in [1.165, 1.54) is 0 Å². The molecular formula is C15H16ClNO3. The van der Waals surface area contributed by atoms with Gasteiger partial charge < -0.3 is 9.15 Å². The van der Waals surface area contributed by atoms with Gasteiger partial charge in [-0.15, -0.1) is 0 Å². The van der Waals surface area contributed by atoms with Crippen LogP contribution < -0.4 is 0 Å². The van der Waals surface area contributed by atoms with Crippen LogP contribution in [-0.2, 0) is 4.74 Å². The van der Waals surface area contributed by atoms with E-state index in [1.807, 2.05) is 13.8 Å². The number of oxazole rings is 1. The zero-order chi connectivity index (χ0) is 14.7. The first-order chi connectivity index (χ1) is 9.52. The van der Waals surface area contributed by atoms with Crippen LogP contribution in [0.2, 0.25) is 5.02 Å². The lowest BCUT2D eigenvalue weighted by Gasteiger charge is -2.02. The zero-order valence-electron chi connectivity index (χ0n) is 11.6. The Kier molecular flexibility index (Phi) is 4.45. The van der Waals surface area contributed by atoms with Crippen molar-refractivity contribution < 1.29 is 13.9 Å². The summed E-state index contributed by atoms with van der Waals surface area (Å²) in [6.07, 6.45) is 0. The second-order valence-electron chi connectivity index (χ2n) is 4.62. The van der Waals surface area contributed by atoms with Gasteiger partial charge in [0.25, 0.3) is 0 Å². The van der Waals surface area contributed by atoms with Crippen LogP contribution in [0.25, 0.3) is 11.5 Å². The van der Waals surface area contributed by atoms with Gasteiger partial charge in [-0.05, 0) is 37.1 Å². The highest BCUT2D eigenvalue weighted by Gasteiger charge is 2.23. The molecule has 2 rings (SSSR count). The van der Waals surface area contributed by atoms with Crippen molar-refractivity contribution in [2.24, 2.45) is 0 Å². The topological polar surface area (TPSA) is 52.3 Å². The number of carbonyl (C=O) groups excluding carboxylic acids is 1. The second kappa shape index (κ2) is 6.09. The molecule has 2 aromatic rings. The highest BCUT2D eigenvalue weighted by atomic mass is 35.5. The van der Waals surface area contributed by atoms with Gasteiger partial charge in [0.15, 0.2) is 0 Å². The van der Waals surface area contributed by atoms with Crippen LogP contribution in [0.3, 0.4) is 0 Å². The first-order valence-corrected chi connectivity index (χ1v) is 6.84. The van der Waals surface area contributed by atoms with E-state index in [-0.39, 0.29) is 11.7 Å². The van der Waals surface area contributed by atoms with Crippen molar-refractivity contribution in [3.8, 4) is 11.5 Å². The minimum atomic E-state index is -0.482. The number of aromatic nitrogens is 1. The third-order valence-corrected chi connectivity index (χ3v) is 3.00. The van der Waals surface area contributed by atoms with Crippen molar-refractivity contribution in [1.29, 1.82) is 0 Å². The summed E-state index contributed by atoms with van der Waals surface area (Å²) < 4.78 is 10.6. The largest absolute Gasteiger partial charge is 0.460 e. The van der Waals surface area contributed by atoms with E-state index in [9.17, 15) is 4.79 Å². The number of esters is 1. The van der Waals surface area contributed by atoms with E-state index >= 15 is 0 Å². The van der Waals surface area contributed by atoms with Gasteiger partial charge in [0.1, 0.15) is 0 Å². The second-order valence-corrected chi connectivity index (χ2v) is 5.05. The monoisotopic (exact) mass is 293 g/mol. The molecule has 1 heterocycles. The van der Waals surface area contributed by atoms with E-state index in [2.05, 4.69) is 4.98 Å². The van der Waals surface area contributed by atoms with E-state index in [0.717, 1.165) is 5.56 Å². The van der Waals surface area contributed by atoms with Gasteiger partial charge in [-0.3, -0.25) is 0 Å². The molecular weight excluding hydrogens is 278 g/mol. The Bertz CT molecular complexity index is 602. The lowest BCUT2D eigenvalue weighted by Crippen LogP contribution is -2.07. The predicted octanol–water partition coefficient (Wildman–Crippen LogP) is 4.30. The fraction of sp³-hybridized carbons (Fsp3) is 0.333. The number of benzene rings is 1. The average Bonchev–Trinajstić information content (AvgIpc) is 2.85. The summed E-state index contributed by atoms with van der Waals surface area (Å²) in [7, 11) is 0. The van der Waals surface area contributed by atoms with Crippen LogP contribution in [-0.4, -0.2) is 17.6 Å². The van der Waals surface area contributed by atoms with Gasteiger partial charge in [0.05, 0.1) is 12.3 Å². The summed E-state index contributed by atoms with van der Waals surface area (Å²) in [5, 5.41) is 0.634. The molecule has 1 aromatic carbocycles. The Morgan fingerprint density at radius 2 is 2.00 bits per heavy atom. The van der Waals surface area contributed by atoms with Crippen molar-refractivity contribution in [3.05, 3.63) is 40.7 Å². The normalized spacial score (nSPS) is 10.8. The molecule has 0 fully saturated rings. The molecule has 0 saturated carbocycles. The van der Waals surface area contributed by atoms with Gasteiger partial charge in [0.2, 0.25) is 11.7 Å². The summed E-state index contributed by atoms with van der Waals surface area (Å²) in [4.78, 5) is 16.3. The zero-order valence-corrected chi connectivity index (χ0v) is 12.4. The molecule has 0 N–H and O–H groups in total. The van der Waals surface area contributed by atoms with Crippen molar-refractivity contribution in [3.63, 3.8) is 0 Å². The molecule has 1 aromatic heterocycles. The fourth-order valence-corrected chi connectivity index (χ4v) is 1.91. The number of carbonyl (C=O) groups is 1. The van der Waals surface area contributed by atoms with Crippen molar-refractivity contribution in [2.45, 2.75) is 26.7 Å². The highest BCUT2D eigenvalue weighted by molar-refractivity contribution is 6.30.